The molecule has 100 valence electrons. The summed E-state index contributed by atoms with van der Waals surface area (Å²) in [6.07, 6.45) is 3.02. The summed E-state index contributed by atoms with van der Waals surface area (Å²) in [6, 6.07) is 8.36. The predicted molar refractivity (Wildman–Crippen MR) is 75.1 cm³/mol. The van der Waals surface area contributed by atoms with Gasteiger partial charge in [-0.1, -0.05) is 38.5 Å². The van der Waals surface area contributed by atoms with Gasteiger partial charge in [-0.25, -0.2) is 0 Å². The number of hydrogen-bond acceptors (Lipinski definition) is 2. The summed E-state index contributed by atoms with van der Waals surface area (Å²) in [7, 11) is 0. The first kappa shape index (κ1) is 14.6. The van der Waals surface area contributed by atoms with Gasteiger partial charge in [0.15, 0.2) is 0 Å². The minimum absolute atomic E-state index is 0.280. The Bertz CT molecular complexity index is 375. The number of anilines is 1. The molecule has 0 amide bonds. The molecule has 0 aliphatic heterocycles. The first-order chi connectivity index (χ1) is 8.61. The molecule has 0 aliphatic carbocycles. The zero-order chi connectivity index (χ0) is 13.4. The number of carboxylic acids is 1. The smallest absolute Gasteiger partial charge is 0.303 e. The minimum atomic E-state index is -0.701. The highest BCUT2D eigenvalue weighted by molar-refractivity contribution is 5.66. The number of para-hydroxylation sites is 1. The van der Waals surface area contributed by atoms with Gasteiger partial charge in [0.2, 0.25) is 0 Å². The molecule has 1 aromatic carbocycles. The Morgan fingerprint density at radius 1 is 1.22 bits per heavy atom. The molecule has 0 aliphatic rings. The Kier molecular flexibility index (Phi) is 6.26. The van der Waals surface area contributed by atoms with E-state index in [0.717, 1.165) is 25.8 Å². The SMILES string of the molecule is CC(C)c1ccccc1NCCCCCC(=O)O. The largest absolute Gasteiger partial charge is 0.481 e. The van der Waals surface area contributed by atoms with Crippen LogP contribution in [0, 0.1) is 0 Å². The molecule has 0 atom stereocenters. The Morgan fingerprint density at radius 3 is 2.61 bits per heavy atom. The van der Waals surface area contributed by atoms with Crippen LogP contribution in [0.2, 0.25) is 0 Å². The van der Waals surface area contributed by atoms with Crippen LogP contribution in [-0.4, -0.2) is 17.6 Å². The highest BCUT2D eigenvalue weighted by atomic mass is 16.4. The summed E-state index contributed by atoms with van der Waals surface area (Å²) in [4.78, 5) is 10.4. The lowest BCUT2D eigenvalue weighted by molar-refractivity contribution is -0.137. The van der Waals surface area contributed by atoms with E-state index in [1.54, 1.807) is 0 Å². The van der Waals surface area contributed by atoms with Gasteiger partial charge >= 0.3 is 5.97 Å². The van der Waals surface area contributed by atoms with Crippen LogP contribution >= 0.6 is 0 Å². The number of carboxylic acid groups (broad SMARTS) is 1. The van der Waals surface area contributed by atoms with E-state index in [1.165, 1.54) is 11.3 Å². The molecule has 3 heteroatoms. The van der Waals surface area contributed by atoms with Gasteiger partial charge in [0.05, 0.1) is 0 Å². The van der Waals surface area contributed by atoms with Gasteiger partial charge in [-0.05, 0) is 30.4 Å². The van der Waals surface area contributed by atoms with Gasteiger partial charge in [-0.2, -0.15) is 0 Å². The molecule has 0 saturated carbocycles. The standard InChI is InChI=1S/C15H23NO2/c1-12(2)13-8-5-6-9-14(13)16-11-7-3-4-10-15(17)18/h5-6,8-9,12,16H,3-4,7,10-11H2,1-2H3,(H,17,18). The monoisotopic (exact) mass is 249 g/mol. The maximum atomic E-state index is 10.4. The van der Waals surface area contributed by atoms with Crippen molar-refractivity contribution in [1.29, 1.82) is 0 Å². The molecule has 0 heterocycles. The van der Waals surface area contributed by atoms with Gasteiger partial charge in [-0.15, -0.1) is 0 Å². The molecule has 0 saturated heterocycles. The van der Waals surface area contributed by atoms with E-state index in [1.807, 2.05) is 6.07 Å². The van der Waals surface area contributed by atoms with Gasteiger partial charge in [0.1, 0.15) is 0 Å². The van der Waals surface area contributed by atoms with Crippen molar-refractivity contribution in [1.82, 2.24) is 0 Å². The molecule has 18 heavy (non-hydrogen) atoms. The summed E-state index contributed by atoms with van der Waals surface area (Å²) in [5.74, 6) is -0.186. The normalized spacial score (nSPS) is 10.6. The van der Waals surface area contributed by atoms with Crippen molar-refractivity contribution >= 4 is 11.7 Å². The summed E-state index contributed by atoms with van der Waals surface area (Å²) in [5.41, 5.74) is 2.54. The molecular formula is C15H23NO2. The molecule has 2 N–H and O–H groups in total. The lowest BCUT2D eigenvalue weighted by atomic mass is 10.0. The maximum Gasteiger partial charge on any atom is 0.303 e. The van der Waals surface area contributed by atoms with Crippen LogP contribution in [0.25, 0.3) is 0 Å². The highest BCUT2D eigenvalue weighted by Gasteiger charge is 2.04. The average molecular weight is 249 g/mol. The first-order valence-electron chi connectivity index (χ1n) is 6.66. The number of nitrogens with one attached hydrogen (secondary N) is 1. The van der Waals surface area contributed by atoms with Crippen LogP contribution < -0.4 is 5.32 Å². The molecular weight excluding hydrogens is 226 g/mol. The van der Waals surface area contributed by atoms with Gasteiger partial charge in [0, 0.05) is 18.7 Å². The maximum absolute atomic E-state index is 10.4. The molecule has 0 bridgehead atoms. The van der Waals surface area contributed by atoms with E-state index in [4.69, 9.17) is 5.11 Å². The molecule has 3 nitrogen and oxygen atoms in total. The fraction of sp³-hybridized carbons (Fsp3) is 0.533. The average Bonchev–Trinajstić information content (AvgIpc) is 2.33. The van der Waals surface area contributed by atoms with E-state index in [0.29, 0.717) is 5.92 Å². The lowest BCUT2D eigenvalue weighted by Crippen LogP contribution is -2.05. The predicted octanol–water partition coefficient (Wildman–Crippen LogP) is 3.87. The van der Waals surface area contributed by atoms with E-state index in [9.17, 15) is 4.79 Å². The second kappa shape index (κ2) is 7.75. The third-order valence-electron chi connectivity index (χ3n) is 2.97. The van der Waals surface area contributed by atoms with Crippen molar-refractivity contribution < 1.29 is 9.90 Å². The van der Waals surface area contributed by atoms with Crippen molar-refractivity contribution in [2.24, 2.45) is 0 Å². The van der Waals surface area contributed by atoms with Crippen molar-refractivity contribution in [3.63, 3.8) is 0 Å². The number of benzene rings is 1. The summed E-state index contributed by atoms with van der Waals surface area (Å²) < 4.78 is 0. The van der Waals surface area contributed by atoms with Gasteiger partial charge in [0.25, 0.3) is 0 Å². The van der Waals surface area contributed by atoms with Crippen LogP contribution in [0.1, 0.15) is 51.0 Å². The Morgan fingerprint density at radius 2 is 1.94 bits per heavy atom. The van der Waals surface area contributed by atoms with E-state index in [2.05, 4.69) is 37.4 Å². The summed E-state index contributed by atoms with van der Waals surface area (Å²) in [5, 5.41) is 12.0. The molecule has 0 spiro atoms. The Balaban J connectivity index is 2.29. The van der Waals surface area contributed by atoms with Crippen molar-refractivity contribution in [3.05, 3.63) is 29.8 Å². The van der Waals surface area contributed by atoms with Crippen LogP contribution in [0.15, 0.2) is 24.3 Å². The zero-order valence-corrected chi connectivity index (χ0v) is 11.3. The number of hydrogen-bond donors (Lipinski definition) is 2. The fourth-order valence-electron chi connectivity index (χ4n) is 1.96. The van der Waals surface area contributed by atoms with Crippen LogP contribution in [0.3, 0.4) is 0 Å². The van der Waals surface area contributed by atoms with Crippen molar-refractivity contribution in [3.8, 4) is 0 Å². The van der Waals surface area contributed by atoms with E-state index in [-0.39, 0.29) is 6.42 Å². The minimum Gasteiger partial charge on any atom is -0.481 e. The number of rotatable bonds is 8. The number of aliphatic carboxylic acids is 1. The molecule has 0 radical (unpaired) electrons. The van der Waals surface area contributed by atoms with Crippen LogP contribution in [0.4, 0.5) is 5.69 Å². The second-order valence-electron chi connectivity index (χ2n) is 4.87. The summed E-state index contributed by atoms with van der Waals surface area (Å²) >= 11 is 0. The van der Waals surface area contributed by atoms with E-state index >= 15 is 0 Å². The molecule has 0 unspecified atom stereocenters. The van der Waals surface area contributed by atoms with Gasteiger partial charge < -0.3 is 10.4 Å². The zero-order valence-electron chi connectivity index (χ0n) is 11.3. The molecule has 0 fully saturated rings. The molecule has 1 aromatic rings. The Hall–Kier alpha value is -1.51. The van der Waals surface area contributed by atoms with Crippen molar-refractivity contribution in [2.45, 2.75) is 45.4 Å². The topological polar surface area (TPSA) is 49.3 Å². The highest BCUT2D eigenvalue weighted by Crippen LogP contribution is 2.23. The fourth-order valence-corrected chi connectivity index (χ4v) is 1.96. The third-order valence-corrected chi connectivity index (χ3v) is 2.97. The summed E-state index contributed by atoms with van der Waals surface area (Å²) in [6.45, 7) is 5.28. The number of carbonyl (C=O) groups is 1. The van der Waals surface area contributed by atoms with Gasteiger partial charge in [-0.3, -0.25) is 4.79 Å². The second-order valence-corrected chi connectivity index (χ2v) is 4.87. The molecule has 1 rings (SSSR count). The molecule has 0 aromatic heterocycles. The van der Waals surface area contributed by atoms with E-state index < -0.39 is 5.97 Å². The Labute approximate surface area is 109 Å². The quantitative estimate of drug-likeness (QED) is 0.688. The first-order valence-corrected chi connectivity index (χ1v) is 6.66. The lowest BCUT2D eigenvalue weighted by Gasteiger charge is -2.14. The third kappa shape index (κ3) is 5.21. The van der Waals surface area contributed by atoms with Crippen LogP contribution in [-0.2, 0) is 4.79 Å². The number of unbranched alkanes of at least 4 members (excludes halogenated alkanes) is 2. The van der Waals surface area contributed by atoms with Crippen LogP contribution in [0.5, 0.6) is 0 Å². The van der Waals surface area contributed by atoms with Crippen molar-refractivity contribution in [2.75, 3.05) is 11.9 Å².